The number of nitrogens with two attached hydrogens (primary N) is 1. The number of rotatable bonds is 9. The van der Waals surface area contributed by atoms with Crippen molar-refractivity contribution in [2.24, 2.45) is 0 Å². The Morgan fingerprint density at radius 3 is 2.41 bits per heavy atom. The van der Waals surface area contributed by atoms with E-state index in [1.165, 1.54) is 11.3 Å². The molecule has 0 aromatic heterocycles. The third-order valence-corrected chi connectivity index (χ3v) is 5.28. The predicted molar refractivity (Wildman–Crippen MR) is 125 cm³/mol. The van der Waals surface area contributed by atoms with Crippen molar-refractivity contribution in [2.45, 2.75) is 52.9 Å². The lowest BCUT2D eigenvalue weighted by molar-refractivity contribution is -0.540. The molecule has 0 saturated heterocycles. The molecule has 4 N–H and O–H groups in total. The summed E-state index contributed by atoms with van der Waals surface area (Å²) in [6.07, 6.45) is 6.06. The Kier molecular flexibility index (Phi) is 10.3. The van der Waals surface area contributed by atoms with Crippen LogP contribution in [0.15, 0.2) is 42.5 Å². The molecule has 4 nitrogen and oxygen atoms in total. The fourth-order valence-electron chi connectivity index (χ4n) is 3.33. The first-order chi connectivity index (χ1) is 14.0. The fraction of sp³-hybridized carbons (Fsp3) is 0.440. The third-order valence-electron chi connectivity index (χ3n) is 5.28. The van der Waals surface area contributed by atoms with Crippen LogP contribution < -0.4 is 15.4 Å². The highest BCUT2D eigenvalue weighted by Gasteiger charge is 2.28. The number of nitrogens with one attached hydrogen (secondary N) is 1. The van der Waals surface area contributed by atoms with Gasteiger partial charge >= 0.3 is 0 Å². The first kappa shape index (κ1) is 24.6. The van der Waals surface area contributed by atoms with Crippen molar-refractivity contribution < 1.29 is 15.2 Å². The minimum atomic E-state index is -0.00773. The Morgan fingerprint density at radius 2 is 1.86 bits per heavy atom. The average Bonchev–Trinajstić information content (AvgIpc) is 2.76. The lowest BCUT2D eigenvalue weighted by Crippen LogP contribution is -2.73. The van der Waals surface area contributed by atoms with Crippen molar-refractivity contribution in [1.82, 2.24) is 0 Å². The van der Waals surface area contributed by atoms with E-state index in [2.05, 4.69) is 49.7 Å². The first-order valence-electron chi connectivity index (χ1n) is 10.7. The number of phenolic OH excluding ortho intramolecular Hbond substituents is 1. The number of allylic oxidation sites excluding steroid dienone is 1. The molecule has 2 aromatic rings. The van der Waals surface area contributed by atoms with Gasteiger partial charge in [-0.15, -0.1) is 0 Å². The second-order valence-corrected chi connectivity index (χ2v) is 7.07. The summed E-state index contributed by atoms with van der Waals surface area (Å²) < 4.78 is 5.44. The van der Waals surface area contributed by atoms with Gasteiger partial charge in [-0.2, -0.15) is 0 Å². The molecule has 0 amide bonds. The van der Waals surface area contributed by atoms with Crippen LogP contribution in [-0.2, 0) is 5.41 Å². The molecule has 0 spiro atoms. The Morgan fingerprint density at radius 1 is 1.14 bits per heavy atom. The van der Waals surface area contributed by atoms with E-state index >= 15 is 0 Å². The third kappa shape index (κ3) is 6.53. The standard InChI is InChI=1S/C23H32N2O2.C2H6/c1-6-23(3,20-16-19(27-5)12-13-21(20)24-4)14-8-9-17-10-11-18(25-7-2)15-22(17)26;1-2/h8-13,15-16,24-26H,6-7,14H2,1-5H3;1-2H3/p+1/b9-8+;. The van der Waals surface area contributed by atoms with Gasteiger partial charge in [0.1, 0.15) is 17.2 Å². The zero-order valence-corrected chi connectivity index (χ0v) is 19.2. The molecule has 0 aliphatic heterocycles. The van der Waals surface area contributed by atoms with Gasteiger partial charge in [0.25, 0.3) is 0 Å². The molecule has 0 aliphatic rings. The van der Waals surface area contributed by atoms with Gasteiger partial charge in [-0.25, -0.2) is 0 Å². The molecule has 29 heavy (non-hydrogen) atoms. The first-order valence-corrected chi connectivity index (χ1v) is 10.7. The van der Waals surface area contributed by atoms with Crippen LogP contribution in [0.2, 0.25) is 0 Å². The molecular weight excluding hydrogens is 360 g/mol. The van der Waals surface area contributed by atoms with E-state index in [4.69, 9.17) is 4.74 Å². The van der Waals surface area contributed by atoms with Gasteiger partial charge in [-0.05, 0) is 44.0 Å². The molecule has 1 atom stereocenters. The average molecular weight is 400 g/mol. The molecule has 1 unspecified atom stereocenters. The molecule has 4 heteroatoms. The van der Waals surface area contributed by atoms with Crippen molar-refractivity contribution >= 4 is 17.5 Å². The molecule has 2 aromatic carbocycles. The second-order valence-electron chi connectivity index (χ2n) is 7.07. The number of methoxy groups -OCH3 is 1. The molecular formula is C25H39N2O2+. The van der Waals surface area contributed by atoms with Crippen LogP contribution >= 0.6 is 0 Å². The number of phenols is 1. The minimum Gasteiger partial charge on any atom is -0.507 e. The number of benzene rings is 2. The summed E-state index contributed by atoms with van der Waals surface area (Å²) in [7, 11) is 3.78. The van der Waals surface area contributed by atoms with Crippen LogP contribution in [0.4, 0.5) is 11.4 Å². The highest BCUT2D eigenvalue weighted by atomic mass is 16.5. The number of hydrogen-bond acceptors (Lipinski definition) is 3. The maximum atomic E-state index is 10.3. The van der Waals surface area contributed by atoms with Crippen molar-refractivity contribution in [3.63, 3.8) is 0 Å². The summed E-state index contributed by atoms with van der Waals surface area (Å²) >= 11 is 0. The van der Waals surface area contributed by atoms with Crippen LogP contribution in [-0.4, -0.2) is 25.8 Å². The Balaban J connectivity index is 0.00000204. The summed E-state index contributed by atoms with van der Waals surface area (Å²) in [5.74, 6) is 1.18. The summed E-state index contributed by atoms with van der Waals surface area (Å²) in [6, 6.07) is 12.0. The molecule has 0 aliphatic carbocycles. The van der Waals surface area contributed by atoms with Crippen LogP contribution in [0.3, 0.4) is 0 Å². The van der Waals surface area contributed by atoms with Gasteiger partial charge in [0.2, 0.25) is 0 Å². The van der Waals surface area contributed by atoms with E-state index in [1.807, 2.05) is 45.0 Å². The van der Waals surface area contributed by atoms with Crippen LogP contribution in [0, 0.1) is 0 Å². The Labute approximate surface area is 177 Å². The van der Waals surface area contributed by atoms with Crippen LogP contribution in [0.1, 0.15) is 58.6 Å². The number of anilines is 1. The SMILES string of the molecule is CC.CCNc1ccc(/C=C/CC(C)(CC)c2cc(OC)ccc2[NH2+]C)c(O)c1. The van der Waals surface area contributed by atoms with Crippen molar-refractivity contribution in [3.05, 3.63) is 53.6 Å². The molecule has 0 saturated carbocycles. The van der Waals surface area contributed by atoms with Crippen LogP contribution in [0.5, 0.6) is 11.5 Å². The number of ether oxygens (including phenoxy) is 1. The molecule has 0 bridgehead atoms. The van der Waals surface area contributed by atoms with Gasteiger partial charge in [-0.1, -0.05) is 39.8 Å². The molecule has 2 rings (SSSR count). The maximum Gasteiger partial charge on any atom is 0.133 e. The van der Waals surface area contributed by atoms with Gasteiger partial charge in [-0.3, -0.25) is 0 Å². The van der Waals surface area contributed by atoms with Crippen molar-refractivity contribution in [1.29, 1.82) is 0 Å². The van der Waals surface area contributed by atoms with E-state index in [-0.39, 0.29) is 5.41 Å². The highest BCUT2D eigenvalue weighted by Crippen LogP contribution is 2.37. The smallest absolute Gasteiger partial charge is 0.133 e. The monoisotopic (exact) mass is 399 g/mol. The molecule has 0 radical (unpaired) electrons. The van der Waals surface area contributed by atoms with Gasteiger partial charge in [0.15, 0.2) is 0 Å². The lowest BCUT2D eigenvalue weighted by atomic mass is 9.76. The normalized spacial score (nSPS) is 12.8. The Bertz CT molecular complexity index is 786. The summed E-state index contributed by atoms with van der Waals surface area (Å²) in [5, 5.41) is 15.6. The topological polar surface area (TPSA) is 58.1 Å². The maximum absolute atomic E-state index is 10.3. The quantitative estimate of drug-likeness (QED) is 0.491. The fourth-order valence-corrected chi connectivity index (χ4v) is 3.33. The van der Waals surface area contributed by atoms with E-state index in [0.717, 1.165) is 36.4 Å². The van der Waals surface area contributed by atoms with E-state index in [0.29, 0.717) is 5.75 Å². The van der Waals surface area contributed by atoms with Crippen LogP contribution in [0.25, 0.3) is 6.08 Å². The van der Waals surface area contributed by atoms with E-state index in [1.54, 1.807) is 13.2 Å². The van der Waals surface area contributed by atoms with Crippen molar-refractivity contribution in [2.75, 3.05) is 26.0 Å². The predicted octanol–water partition coefficient (Wildman–Crippen LogP) is 5.45. The molecule has 160 valence electrons. The Hall–Kier alpha value is -2.46. The highest BCUT2D eigenvalue weighted by molar-refractivity contribution is 5.62. The summed E-state index contributed by atoms with van der Waals surface area (Å²) in [4.78, 5) is 0. The van der Waals surface area contributed by atoms with E-state index in [9.17, 15) is 5.11 Å². The van der Waals surface area contributed by atoms with Crippen molar-refractivity contribution in [3.8, 4) is 11.5 Å². The summed E-state index contributed by atoms with van der Waals surface area (Å²) in [6.45, 7) is 11.4. The minimum absolute atomic E-state index is 0.00773. The zero-order chi connectivity index (χ0) is 21.9. The molecule has 0 heterocycles. The van der Waals surface area contributed by atoms with Gasteiger partial charge in [0.05, 0.1) is 14.2 Å². The number of aromatic hydroxyl groups is 1. The zero-order valence-electron chi connectivity index (χ0n) is 19.2. The largest absolute Gasteiger partial charge is 0.507 e. The molecule has 0 fully saturated rings. The second kappa shape index (κ2) is 12.2. The number of hydrogen-bond donors (Lipinski definition) is 3. The lowest BCUT2D eigenvalue weighted by Gasteiger charge is -2.28. The summed E-state index contributed by atoms with van der Waals surface area (Å²) in [5.41, 5.74) is 4.30. The van der Waals surface area contributed by atoms with Gasteiger partial charge in [0, 0.05) is 40.9 Å². The van der Waals surface area contributed by atoms with E-state index < -0.39 is 0 Å². The van der Waals surface area contributed by atoms with Gasteiger partial charge < -0.3 is 20.5 Å². The number of quaternary nitrogens is 1.